The lowest BCUT2D eigenvalue weighted by molar-refractivity contribution is -0.173. The molecule has 0 aromatic carbocycles. The Morgan fingerprint density at radius 1 is 0.700 bits per heavy atom. The maximum Gasteiger partial charge on any atom is 0.344 e. The first-order valence-corrected chi connectivity index (χ1v) is 10.9. The van der Waals surface area contributed by atoms with Crippen LogP contribution in [-0.4, -0.2) is 49.3 Å². The van der Waals surface area contributed by atoms with Gasteiger partial charge >= 0.3 is 23.9 Å². The van der Waals surface area contributed by atoms with E-state index in [0.717, 1.165) is 25.7 Å². The maximum atomic E-state index is 12.9. The molecule has 8 nitrogen and oxygen atoms in total. The molecule has 0 spiro atoms. The highest BCUT2D eigenvalue weighted by molar-refractivity contribution is 5.86. The van der Waals surface area contributed by atoms with Crippen LogP contribution in [0.25, 0.3) is 0 Å². The molecule has 6 unspecified atom stereocenters. The van der Waals surface area contributed by atoms with E-state index in [1.807, 2.05) is 0 Å². The average Bonchev–Trinajstić information content (AvgIpc) is 3.34. The molecular weight excluding hydrogens is 392 g/mol. The Morgan fingerprint density at radius 3 is 1.47 bits per heavy atom. The van der Waals surface area contributed by atoms with E-state index in [9.17, 15) is 19.2 Å². The van der Waals surface area contributed by atoms with Crippen LogP contribution in [0.3, 0.4) is 0 Å². The third-order valence-electron chi connectivity index (χ3n) is 6.52. The highest BCUT2D eigenvalue weighted by Crippen LogP contribution is 2.63. The van der Waals surface area contributed by atoms with Crippen LogP contribution in [-0.2, 0) is 38.1 Å². The maximum absolute atomic E-state index is 12.9. The molecule has 0 heterocycles. The van der Waals surface area contributed by atoms with Crippen molar-refractivity contribution in [2.45, 2.75) is 65.6 Å². The van der Waals surface area contributed by atoms with Gasteiger partial charge in [0.1, 0.15) is 0 Å². The smallest absolute Gasteiger partial charge is 0.344 e. The largest absolute Gasteiger partial charge is 0.460 e. The first-order chi connectivity index (χ1) is 14.2. The highest BCUT2D eigenvalue weighted by Gasteiger charge is 2.64. The number of rotatable bonds is 8. The molecule has 0 aromatic rings. The summed E-state index contributed by atoms with van der Waals surface area (Å²) in [5.74, 6) is -2.71. The van der Waals surface area contributed by atoms with Gasteiger partial charge < -0.3 is 18.9 Å². The standard InChI is InChI=1S/C22H32O8/c1-11(2)29-17(23)9-27-21(25)19-15-8-16(14-7-5-6-13(14)15)20(19)22(26)28-10-18(24)30-12(3)4/h11-16,19-20H,5-10H2,1-4H3. The molecular formula is C22H32O8. The molecule has 3 aliphatic carbocycles. The zero-order valence-corrected chi connectivity index (χ0v) is 18.1. The summed E-state index contributed by atoms with van der Waals surface area (Å²) in [7, 11) is 0. The summed E-state index contributed by atoms with van der Waals surface area (Å²) in [6, 6.07) is 0. The summed E-state index contributed by atoms with van der Waals surface area (Å²) in [4.78, 5) is 49.3. The molecule has 3 fully saturated rings. The SMILES string of the molecule is CC(C)OC(=O)COC(=O)C1C2CC(C3CCCC32)C1C(=O)OCC(=O)OC(C)C. The van der Waals surface area contributed by atoms with Gasteiger partial charge in [-0.15, -0.1) is 0 Å². The molecule has 8 heteroatoms. The Bertz CT molecular complexity index is 629. The van der Waals surface area contributed by atoms with Crippen molar-refractivity contribution < 1.29 is 38.1 Å². The predicted octanol–water partition coefficient (Wildman–Crippen LogP) is 2.27. The minimum atomic E-state index is -0.644. The second-order valence-electron chi connectivity index (χ2n) is 9.17. The van der Waals surface area contributed by atoms with Gasteiger partial charge in [0.25, 0.3) is 0 Å². The van der Waals surface area contributed by atoms with Crippen LogP contribution < -0.4 is 0 Å². The van der Waals surface area contributed by atoms with Gasteiger partial charge in [-0.1, -0.05) is 6.42 Å². The van der Waals surface area contributed by atoms with Crippen molar-refractivity contribution in [2.75, 3.05) is 13.2 Å². The van der Waals surface area contributed by atoms with Gasteiger partial charge in [0.2, 0.25) is 0 Å². The van der Waals surface area contributed by atoms with Crippen LogP contribution in [0, 0.1) is 35.5 Å². The van der Waals surface area contributed by atoms with E-state index < -0.39 is 48.9 Å². The Morgan fingerprint density at radius 2 is 1.10 bits per heavy atom. The molecule has 0 radical (unpaired) electrons. The van der Waals surface area contributed by atoms with Gasteiger partial charge in [0, 0.05) is 0 Å². The molecule has 0 aliphatic heterocycles. The first kappa shape index (κ1) is 22.6. The lowest BCUT2D eigenvalue weighted by Crippen LogP contribution is -2.43. The van der Waals surface area contributed by atoms with Crippen molar-refractivity contribution in [2.24, 2.45) is 35.5 Å². The lowest BCUT2D eigenvalue weighted by atomic mass is 9.69. The van der Waals surface area contributed by atoms with Crippen LogP contribution >= 0.6 is 0 Å². The van der Waals surface area contributed by atoms with Crippen LogP contribution in [0.2, 0.25) is 0 Å². The molecule has 6 atom stereocenters. The Balaban J connectivity index is 1.66. The van der Waals surface area contributed by atoms with Crippen LogP contribution in [0.15, 0.2) is 0 Å². The van der Waals surface area contributed by atoms with Crippen LogP contribution in [0.5, 0.6) is 0 Å². The minimum Gasteiger partial charge on any atom is -0.460 e. The second kappa shape index (κ2) is 9.35. The fourth-order valence-electron chi connectivity index (χ4n) is 5.79. The van der Waals surface area contributed by atoms with Crippen molar-refractivity contribution in [1.29, 1.82) is 0 Å². The summed E-state index contributed by atoms with van der Waals surface area (Å²) in [5, 5.41) is 0. The quantitative estimate of drug-likeness (QED) is 0.432. The number of esters is 4. The third kappa shape index (κ3) is 4.78. The van der Waals surface area contributed by atoms with Crippen LogP contribution in [0.4, 0.5) is 0 Å². The van der Waals surface area contributed by atoms with E-state index in [2.05, 4.69) is 0 Å². The number of fused-ring (bicyclic) bond motifs is 5. The Labute approximate surface area is 176 Å². The summed E-state index contributed by atoms with van der Waals surface area (Å²) in [6.45, 7) is 5.92. The molecule has 3 rings (SSSR count). The van der Waals surface area contributed by atoms with Gasteiger partial charge in [-0.3, -0.25) is 9.59 Å². The van der Waals surface area contributed by atoms with E-state index in [-0.39, 0.29) is 24.0 Å². The molecule has 3 saturated carbocycles. The molecule has 0 N–H and O–H groups in total. The summed E-state index contributed by atoms with van der Waals surface area (Å²) in [6.07, 6.45) is 3.37. The second-order valence-corrected chi connectivity index (χ2v) is 9.17. The molecule has 0 saturated heterocycles. The van der Waals surface area contributed by atoms with E-state index in [1.54, 1.807) is 27.7 Å². The highest BCUT2D eigenvalue weighted by atomic mass is 16.6. The summed E-state index contributed by atoms with van der Waals surface area (Å²) >= 11 is 0. The zero-order chi connectivity index (χ0) is 22.0. The van der Waals surface area contributed by atoms with Crippen LogP contribution in [0.1, 0.15) is 53.4 Å². The number of carbonyl (C=O) groups is 4. The molecule has 0 amide bonds. The molecule has 168 valence electrons. The van der Waals surface area contributed by atoms with Crippen molar-refractivity contribution in [3.8, 4) is 0 Å². The van der Waals surface area contributed by atoms with Gasteiger partial charge in [-0.2, -0.15) is 0 Å². The van der Waals surface area contributed by atoms with E-state index in [4.69, 9.17) is 18.9 Å². The predicted molar refractivity (Wildman–Crippen MR) is 104 cm³/mol. The van der Waals surface area contributed by atoms with Crippen molar-refractivity contribution in [3.05, 3.63) is 0 Å². The van der Waals surface area contributed by atoms with Gasteiger partial charge in [0.05, 0.1) is 24.0 Å². The Hall–Kier alpha value is -2.12. The third-order valence-corrected chi connectivity index (χ3v) is 6.52. The summed E-state index contributed by atoms with van der Waals surface area (Å²) < 4.78 is 20.5. The first-order valence-electron chi connectivity index (χ1n) is 10.9. The molecule has 3 aliphatic rings. The average molecular weight is 424 g/mol. The molecule has 0 aromatic heterocycles. The molecule has 30 heavy (non-hydrogen) atoms. The number of hydrogen-bond donors (Lipinski definition) is 0. The van der Waals surface area contributed by atoms with Gasteiger partial charge in [-0.05, 0) is 70.6 Å². The Kier molecular flexibility index (Phi) is 7.03. The fourth-order valence-corrected chi connectivity index (χ4v) is 5.79. The lowest BCUT2D eigenvalue weighted by Gasteiger charge is -2.35. The number of hydrogen-bond acceptors (Lipinski definition) is 8. The minimum absolute atomic E-state index is 0.0521. The van der Waals surface area contributed by atoms with Crippen molar-refractivity contribution in [3.63, 3.8) is 0 Å². The number of ether oxygens (including phenoxy) is 4. The zero-order valence-electron chi connectivity index (χ0n) is 18.1. The van der Waals surface area contributed by atoms with Gasteiger partial charge in [0.15, 0.2) is 13.2 Å². The molecule has 2 bridgehead atoms. The number of carbonyl (C=O) groups excluding carboxylic acids is 4. The van der Waals surface area contributed by atoms with E-state index in [1.165, 1.54) is 0 Å². The van der Waals surface area contributed by atoms with E-state index in [0.29, 0.717) is 11.8 Å². The van der Waals surface area contributed by atoms with Crippen molar-refractivity contribution in [1.82, 2.24) is 0 Å². The van der Waals surface area contributed by atoms with Gasteiger partial charge in [-0.25, -0.2) is 9.59 Å². The monoisotopic (exact) mass is 424 g/mol. The summed E-state index contributed by atoms with van der Waals surface area (Å²) in [5.41, 5.74) is 0. The normalized spacial score (nSPS) is 31.5. The topological polar surface area (TPSA) is 105 Å². The van der Waals surface area contributed by atoms with Crippen molar-refractivity contribution >= 4 is 23.9 Å². The van der Waals surface area contributed by atoms with E-state index >= 15 is 0 Å². The fraction of sp³-hybridized carbons (Fsp3) is 0.818.